The van der Waals surface area contributed by atoms with E-state index in [1.807, 2.05) is 94.0 Å². The Morgan fingerprint density at radius 2 is 0.669 bits per heavy atom. The number of imidazole rings is 6. The molecule has 0 spiro atoms. The highest BCUT2D eigenvalue weighted by Crippen LogP contribution is 2.49. The molecule has 5 aliphatic rings. The van der Waals surface area contributed by atoms with E-state index in [0.29, 0.717) is 29.6 Å². The fraction of sp³-hybridized carbons (Fsp3) is 0.343. The number of rotatable bonds is 15. The van der Waals surface area contributed by atoms with Gasteiger partial charge >= 0.3 is 0 Å². The molecule has 5 fully saturated rings. The van der Waals surface area contributed by atoms with Crippen molar-refractivity contribution in [2.24, 2.45) is 0 Å². The summed E-state index contributed by atoms with van der Waals surface area (Å²) in [5.74, 6) is 13.5. The third kappa shape index (κ3) is 15.3. The summed E-state index contributed by atoms with van der Waals surface area (Å²) in [6.45, 7) is 40.6. The van der Waals surface area contributed by atoms with Crippen LogP contribution in [0.3, 0.4) is 0 Å². The molecule has 130 heavy (non-hydrogen) atoms. The van der Waals surface area contributed by atoms with E-state index in [4.69, 9.17) is 52.6 Å². The summed E-state index contributed by atoms with van der Waals surface area (Å²) in [5, 5.41) is 26.4. The average Bonchev–Trinajstić information content (AvgIpc) is 1.62. The van der Waals surface area contributed by atoms with Crippen LogP contribution in [-0.4, -0.2) is 109 Å². The molecular formula is C102H106N22O5S. The maximum atomic E-state index is 5.41. The van der Waals surface area contributed by atoms with E-state index in [9.17, 15) is 0 Å². The molecule has 25 rings (SSSR count). The standard InChI is InChI=1S/2C21H22N4O.2C20H21N5O.C20H20N4OS/c1-11-7-8-25(13(11)3)18-10-16(19-12(2)24-26-14(19)4)9-17-20(18)23-21(22-17)15-5-6-15;1-11-5-6-12(2)25(11)18-10-16(19-13(3)24-26-14(19)4)9-17-20(18)23-21(22-17)15-7-8-15;1-10-9-21-13(4)25(10)17-8-15(18-11(2)24-26-12(18)3)7-16-19(17)23-20(22-16)14-5-6-14;1-10-7-11(2)25(23-10)17-9-15(18-12(3)24-26-13(18)4)8-16-19(17)22-20(21-16)14-5-6-14;1-9-17(11(3)25-24-9)14-7-15(19-10(2)21-12(4)26-19)18-16(8-14)22-20(23-18)13-5-6-13/h7-10,15H,5-6H2,1-4H3,(H,22,23);5-6,9-10,15H,7-8H2,1-4H3,(H,22,23);7-9,14H,5-6H2,1-4H3,(H,22,23);7-9,14H,5-6H2,1-4H3,(H,21,22);7-8,13H,5-6H2,1-4H3,(H,22,23). The Morgan fingerprint density at radius 3 is 0.985 bits per heavy atom. The van der Waals surface area contributed by atoms with Gasteiger partial charge in [0.15, 0.2) is 0 Å². The first-order valence-electron chi connectivity index (χ1n) is 45.2. The van der Waals surface area contributed by atoms with Crippen molar-refractivity contribution in [1.82, 2.24) is 109 Å². The van der Waals surface area contributed by atoms with Crippen LogP contribution in [0.1, 0.15) is 236 Å². The molecule has 0 unspecified atom stereocenters. The van der Waals surface area contributed by atoms with Gasteiger partial charge < -0.3 is 56.7 Å². The zero-order valence-electron chi connectivity index (χ0n) is 77.2. The highest BCUT2D eigenvalue weighted by molar-refractivity contribution is 7.15. The lowest BCUT2D eigenvalue weighted by molar-refractivity contribution is 0.393. The van der Waals surface area contributed by atoms with Crippen LogP contribution < -0.4 is 0 Å². The Balaban J connectivity index is 0.0000000983. The Morgan fingerprint density at radius 1 is 0.331 bits per heavy atom. The van der Waals surface area contributed by atoms with Crippen LogP contribution in [-0.2, 0) is 0 Å². The summed E-state index contributed by atoms with van der Waals surface area (Å²) in [6.07, 6.45) is 16.3. The van der Waals surface area contributed by atoms with E-state index >= 15 is 0 Å². The van der Waals surface area contributed by atoms with Gasteiger partial charge in [0.25, 0.3) is 0 Å². The van der Waals surface area contributed by atoms with E-state index < -0.39 is 0 Å². The minimum absolute atomic E-state index is 0.568. The van der Waals surface area contributed by atoms with Crippen LogP contribution in [0.4, 0.5) is 0 Å². The number of aryl methyl sites for hydroxylation is 19. The summed E-state index contributed by atoms with van der Waals surface area (Å²) in [4.78, 5) is 52.8. The number of aromatic nitrogens is 22. The van der Waals surface area contributed by atoms with Gasteiger partial charge in [0.05, 0.1) is 106 Å². The molecule has 0 atom stereocenters. The van der Waals surface area contributed by atoms with Crippen LogP contribution in [0, 0.1) is 138 Å². The lowest BCUT2D eigenvalue weighted by Crippen LogP contribution is -2.01. The highest BCUT2D eigenvalue weighted by atomic mass is 32.1. The second kappa shape index (κ2) is 32.1. The van der Waals surface area contributed by atoms with Crippen molar-refractivity contribution in [3.8, 4) is 88.8 Å². The first kappa shape index (κ1) is 83.0. The number of H-pyrrole nitrogens is 5. The molecule has 660 valence electrons. The summed E-state index contributed by atoms with van der Waals surface area (Å²) < 4.78 is 35.7. The van der Waals surface area contributed by atoms with Gasteiger partial charge in [-0.1, -0.05) is 25.8 Å². The molecule has 0 radical (unpaired) electrons. The third-order valence-electron chi connectivity index (χ3n) is 26.3. The molecule has 27 nitrogen and oxygen atoms in total. The molecule has 15 aromatic heterocycles. The normalized spacial score (nSPS) is 14.5. The fourth-order valence-electron chi connectivity index (χ4n) is 18.9. The number of hydrogen-bond acceptors (Lipinski definition) is 19. The monoisotopic (exact) mass is 1750 g/mol. The van der Waals surface area contributed by atoms with E-state index in [1.54, 1.807) is 11.3 Å². The minimum atomic E-state index is 0.568. The average molecular weight is 1750 g/mol. The topological polar surface area (TPSA) is 332 Å². The number of benzene rings is 5. The van der Waals surface area contributed by atoms with Crippen molar-refractivity contribution >= 4 is 66.5 Å². The van der Waals surface area contributed by atoms with Gasteiger partial charge in [0.1, 0.15) is 85.8 Å². The maximum Gasteiger partial charge on any atom is 0.141 e. The predicted molar refractivity (Wildman–Crippen MR) is 507 cm³/mol. The molecular weight excluding hydrogens is 1650 g/mol. The molecule has 0 amide bonds. The van der Waals surface area contributed by atoms with E-state index in [-0.39, 0.29) is 0 Å². The summed E-state index contributed by atoms with van der Waals surface area (Å²) in [6, 6.07) is 30.3. The number of nitrogens with one attached hydrogen (secondary N) is 5. The van der Waals surface area contributed by atoms with Crippen LogP contribution in [0.5, 0.6) is 0 Å². The third-order valence-corrected chi connectivity index (χ3v) is 27.4. The van der Waals surface area contributed by atoms with Crippen molar-refractivity contribution in [2.75, 3.05) is 0 Å². The van der Waals surface area contributed by atoms with E-state index in [0.717, 1.165) is 259 Å². The molecule has 5 aromatic carbocycles. The summed E-state index contributed by atoms with van der Waals surface area (Å²) in [7, 11) is 0. The molecule has 5 aliphatic carbocycles. The van der Waals surface area contributed by atoms with E-state index in [2.05, 4.69) is 221 Å². The highest BCUT2D eigenvalue weighted by Gasteiger charge is 2.35. The zero-order valence-corrected chi connectivity index (χ0v) is 78.1. The summed E-state index contributed by atoms with van der Waals surface area (Å²) >= 11 is 1.73. The van der Waals surface area contributed by atoms with Gasteiger partial charge in [-0.15, -0.1) is 11.3 Å². The number of nitrogens with zero attached hydrogens (tertiary/aromatic N) is 17. The van der Waals surface area contributed by atoms with Crippen molar-refractivity contribution in [2.45, 2.75) is 232 Å². The van der Waals surface area contributed by atoms with Gasteiger partial charge in [0.2, 0.25) is 0 Å². The Kier molecular flexibility index (Phi) is 20.5. The SMILES string of the molecule is Cc1cc(C)n(-c2cc(-c3c(C)noc3C)cc3[nH]c(C4CC4)nc23)n1.Cc1ccn(-c2cc(-c3c(C)noc3C)cc3[nH]c(C4CC4)nc23)c1C.Cc1nc(C)c(-c2cc(-c3c(C)noc3C)cc3[nH]c(C4CC4)nc23)s1.Cc1noc(C)c1-c1cc(-n2c(C)ccc2C)c2nc(C3CC3)[nH]c2c1.Cc1noc(C)c1-c1cc(-n2c(C)cnc2C)c2nc(C3CC3)[nH]c2c1. The molecule has 5 N–H and O–H groups in total. The second-order valence-electron chi connectivity index (χ2n) is 36.6. The summed E-state index contributed by atoms with van der Waals surface area (Å²) in [5.41, 5.74) is 40.2. The molecule has 20 aromatic rings. The van der Waals surface area contributed by atoms with Gasteiger partial charge in [-0.2, -0.15) is 5.10 Å². The largest absolute Gasteiger partial charge is 0.361 e. The van der Waals surface area contributed by atoms with Gasteiger partial charge in [0, 0.05) is 104 Å². The smallest absolute Gasteiger partial charge is 0.141 e. The minimum Gasteiger partial charge on any atom is -0.361 e. The number of aromatic amines is 5. The molecule has 0 aliphatic heterocycles. The molecule has 5 saturated carbocycles. The van der Waals surface area contributed by atoms with Gasteiger partial charge in [-0.3, -0.25) is 4.57 Å². The van der Waals surface area contributed by atoms with Crippen molar-refractivity contribution in [3.05, 3.63) is 240 Å². The second-order valence-corrected chi connectivity index (χ2v) is 37.8. The molecule has 0 bridgehead atoms. The molecule has 28 heteroatoms. The Bertz CT molecular complexity index is 7140. The van der Waals surface area contributed by atoms with Crippen LogP contribution in [0.2, 0.25) is 0 Å². The van der Waals surface area contributed by atoms with Crippen LogP contribution >= 0.6 is 11.3 Å². The quantitative estimate of drug-likeness (QED) is 0.0636. The lowest BCUT2D eigenvalue weighted by atomic mass is 9.99. The van der Waals surface area contributed by atoms with Crippen molar-refractivity contribution in [3.63, 3.8) is 0 Å². The zero-order chi connectivity index (χ0) is 90.0. The van der Waals surface area contributed by atoms with Crippen LogP contribution in [0.15, 0.2) is 120 Å². The van der Waals surface area contributed by atoms with Gasteiger partial charge in [-0.05, 0) is 321 Å². The number of hydrogen-bond donors (Lipinski definition) is 5. The molecule has 15 heterocycles. The number of fused-ring (bicyclic) bond motifs is 5. The first-order valence-corrected chi connectivity index (χ1v) is 46.1. The van der Waals surface area contributed by atoms with E-state index in [1.165, 1.54) is 91.7 Å². The Labute approximate surface area is 754 Å². The Hall–Kier alpha value is -13.9. The molecule has 0 saturated heterocycles. The number of thiazole rings is 1. The fourth-order valence-corrected chi connectivity index (χ4v) is 19.8. The van der Waals surface area contributed by atoms with Gasteiger partial charge in [-0.25, -0.2) is 39.6 Å². The first-order chi connectivity index (χ1) is 62.6. The van der Waals surface area contributed by atoms with Crippen molar-refractivity contribution < 1.29 is 22.6 Å². The van der Waals surface area contributed by atoms with Crippen LogP contribution in [0.25, 0.3) is 144 Å². The lowest BCUT2D eigenvalue weighted by Gasteiger charge is -2.12. The predicted octanol–water partition coefficient (Wildman–Crippen LogP) is 24.7. The maximum absolute atomic E-state index is 5.41. The van der Waals surface area contributed by atoms with Crippen molar-refractivity contribution in [1.29, 1.82) is 0 Å².